The van der Waals surface area contributed by atoms with E-state index in [1.807, 2.05) is 52.7 Å². The maximum atomic E-state index is 12.8. The molecule has 0 radical (unpaired) electrons. The van der Waals surface area contributed by atoms with Crippen LogP contribution in [0.2, 0.25) is 0 Å². The van der Waals surface area contributed by atoms with Crippen LogP contribution in [-0.2, 0) is 11.2 Å². The molecule has 0 saturated carbocycles. The average molecular weight is 376 g/mol. The van der Waals surface area contributed by atoms with Gasteiger partial charge in [0.2, 0.25) is 5.91 Å². The molecule has 1 aromatic carbocycles. The van der Waals surface area contributed by atoms with E-state index in [4.69, 9.17) is 4.52 Å². The molecule has 0 N–H and O–H groups in total. The molecule has 3 aromatic heterocycles. The SMILES string of the molecule is Cc1ccc2nnc(C3CCN(C(=O)Cc4noc5ccccc45)CC3)n2n1. The topological polar surface area (TPSA) is 89.4 Å². The summed E-state index contributed by atoms with van der Waals surface area (Å²) in [7, 11) is 0. The number of carbonyl (C=O) groups excluding carboxylic acids is 1. The lowest BCUT2D eigenvalue weighted by molar-refractivity contribution is -0.131. The monoisotopic (exact) mass is 376 g/mol. The Morgan fingerprint density at radius 3 is 2.82 bits per heavy atom. The maximum absolute atomic E-state index is 12.8. The fraction of sp³-hybridized carbons (Fsp3) is 0.350. The number of hydrogen-bond donors (Lipinski definition) is 0. The zero-order valence-corrected chi connectivity index (χ0v) is 15.6. The van der Waals surface area contributed by atoms with Crippen molar-refractivity contribution in [1.82, 2.24) is 29.9 Å². The molecule has 142 valence electrons. The van der Waals surface area contributed by atoms with Gasteiger partial charge >= 0.3 is 0 Å². The van der Waals surface area contributed by atoms with Gasteiger partial charge in [0, 0.05) is 24.4 Å². The summed E-state index contributed by atoms with van der Waals surface area (Å²) in [5.74, 6) is 1.21. The van der Waals surface area contributed by atoms with Crippen molar-refractivity contribution in [2.24, 2.45) is 0 Å². The van der Waals surface area contributed by atoms with Crippen LogP contribution in [0.3, 0.4) is 0 Å². The minimum Gasteiger partial charge on any atom is -0.356 e. The van der Waals surface area contributed by atoms with E-state index in [1.54, 1.807) is 0 Å². The second kappa shape index (κ2) is 6.70. The third kappa shape index (κ3) is 2.90. The highest BCUT2D eigenvalue weighted by Crippen LogP contribution is 2.27. The van der Waals surface area contributed by atoms with Gasteiger partial charge in [0.1, 0.15) is 5.69 Å². The zero-order chi connectivity index (χ0) is 19.1. The van der Waals surface area contributed by atoms with Crippen molar-refractivity contribution >= 4 is 22.5 Å². The van der Waals surface area contributed by atoms with E-state index in [-0.39, 0.29) is 18.2 Å². The third-order valence-electron chi connectivity index (χ3n) is 5.40. The smallest absolute Gasteiger partial charge is 0.228 e. The Kier molecular flexibility index (Phi) is 4.03. The van der Waals surface area contributed by atoms with Gasteiger partial charge in [-0.05, 0) is 44.0 Å². The number of fused-ring (bicyclic) bond motifs is 2. The standard InChI is InChI=1S/C20H20N6O2/c1-13-6-7-18-21-22-20(26(18)23-13)14-8-10-25(11-9-14)19(27)12-16-15-4-2-3-5-17(15)28-24-16/h2-7,14H,8-12H2,1H3. The molecule has 8 nitrogen and oxygen atoms in total. The fourth-order valence-corrected chi connectivity index (χ4v) is 3.86. The van der Waals surface area contributed by atoms with Crippen LogP contribution in [0.1, 0.15) is 36.0 Å². The van der Waals surface area contributed by atoms with E-state index in [9.17, 15) is 4.79 Å². The number of amides is 1. The van der Waals surface area contributed by atoms with E-state index in [0.717, 1.165) is 35.4 Å². The van der Waals surface area contributed by atoms with Gasteiger partial charge in [0.15, 0.2) is 17.1 Å². The van der Waals surface area contributed by atoms with Crippen LogP contribution in [0.15, 0.2) is 40.9 Å². The van der Waals surface area contributed by atoms with Crippen molar-refractivity contribution in [1.29, 1.82) is 0 Å². The summed E-state index contributed by atoms with van der Waals surface area (Å²) >= 11 is 0. The number of carbonyl (C=O) groups is 1. The predicted molar refractivity (Wildman–Crippen MR) is 102 cm³/mol. The van der Waals surface area contributed by atoms with Crippen LogP contribution in [0.4, 0.5) is 0 Å². The van der Waals surface area contributed by atoms with Gasteiger partial charge in [0.05, 0.1) is 12.1 Å². The number of para-hydroxylation sites is 1. The molecule has 1 aliphatic rings. The highest BCUT2D eigenvalue weighted by molar-refractivity contribution is 5.86. The second-order valence-corrected chi connectivity index (χ2v) is 7.26. The summed E-state index contributed by atoms with van der Waals surface area (Å²) in [5, 5.41) is 18.1. The Bertz CT molecular complexity index is 1160. The van der Waals surface area contributed by atoms with Crippen molar-refractivity contribution < 1.29 is 9.32 Å². The molecule has 1 fully saturated rings. The first-order chi connectivity index (χ1) is 13.7. The molecule has 5 rings (SSSR count). The first-order valence-corrected chi connectivity index (χ1v) is 9.49. The maximum Gasteiger partial charge on any atom is 0.228 e. The van der Waals surface area contributed by atoms with Crippen LogP contribution >= 0.6 is 0 Å². The molecule has 1 aliphatic heterocycles. The lowest BCUT2D eigenvalue weighted by Gasteiger charge is -2.31. The molecule has 4 aromatic rings. The van der Waals surface area contributed by atoms with Crippen LogP contribution in [0.5, 0.6) is 0 Å². The second-order valence-electron chi connectivity index (χ2n) is 7.26. The van der Waals surface area contributed by atoms with E-state index < -0.39 is 0 Å². The minimum atomic E-state index is 0.0811. The zero-order valence-electron chi connectivity index (χ0n) is 15.6. The molecule has 0 bridgehead atoms. The summed E-state index contributed by atoms with van der Waals surface area (Å²) in [4.78, 5) is 14.7. The molecule has 4 heterocycles. The molecule has 1 amide bonds. The number of rotatable bonds is 3. The third-order valence-corrected chi connectivity index (χ3v) is 5.40. The van der Waals surface area contributed by atoms with Crippen molar-refractivity contribution in [2.45, 2.75) is 32.1 Å². The number of likely N-dealkylation sites (tertiary alicyclic amines) is 1. The van der Waals surface area contributed by atoms with Gasteiger partial charge in [-0.2, -0.15) is 9.61 Å². The molecule has 8 heteroatoms. The highest BCUT2D eigenvalue weighted by atomic mass is 16.5. The van der Waals surface area contributed by atoms with E-state index in [2.05, 4.69) is 20.5 Å². The summed E-state index contributed by atoms with van der Waals surface area (Å²) in [5.41, 5.74) is 3.11. The molecule has 0 spiro atoms. The van der Waals surface area contributed by atoms with Crippen molar-refractivity contribution in [3.8, 4) is 0 Å². The van der Waals surface area contributed by atoms with Crippen molar-refractivity contribution in [3.63, 3.8) is 0 Å². The normalized spacial score (nSPS) is 15.5. The molecule has 0 aliphatic carbocycles. The first-order valence-electron chi connectivity index (χ1n) is 9.49. The Hall–Kier alpha value is -3.29. The van der Waals surface area contributed by atoms with Gasteiger partial charge < -0.3 is 9.42 Å². The van der Waals surface area contributed by atoms with Gasteiger partial charge in [-0.25, -0.2) is 0 Å². The number of piperidine rings is 1. The number of aryl methyl sites for hydroxylation is 1. The Morgan fingerprint density at radius 1 is 1.14 bits per heavy atom. The van der Waals surface area contributed by atoms with Gasteiger partial charge in [-0.1, -0.05) is 17.3 Å². The average Bonchev–Trinajstić information content (AvgIpc) is 3.32. The number of hydrogen-bond acceptors (Lipinski definition) is 6. The van der Waals surface area contributed by atoms with E-state index in [0.29, 0.717) is 24.4 Å². The summed E-state index contributed by atoms with van der Waals surface area (Å²) in [6.45, 7) is 3.35. The van der Waals surface area contributed by atoms with Gasteiger partial charge in [-0.15, -0.1) is 10.2 Å². The largest absolute Gasteiger partial charge is 0.356 e. The molecule has 1 saturated heterocycles. The summed E-state index contributed by atoms with van der Waals surface area (Å²) < 4.78 is 7.14. The van der Waals surface area contributed by atoms with Crippen LogP contribution < -0.4 is 0 Å². The molecular weight excluding hydrogens is 356 g/mol. The lowest BCUT2D eigenvalue weighted by Crippen LogP contribution is -2.39. The number of aromatic nitrogens is 5. The quantitative estimate of drug-likeness (QED) is 0.546. The van der Waals surface area contributed by atoms with Crippen molar-refractivity contribution in [2.75, 3.05) is 13.1 Å². The summed E-state index contributed by atoms with van der Waals surface area (Å²) in [6, 6.07) is 11.5. The van der Waals surface area contributed by atoms with Crippen LogP contribution in [0.25, 0.3) is 16.6 Å². The Balaban J connectivity index is 1.27. The molecular formula is C20H20N6O2. The van der Waals surface area contributed by atoms with Crippen LogP contribution in [0, 0.1) is 6.92 Å². The molecule has 0 unspecified atom stereocenters. The van der Waals surface area contributed by atoms with Crippen molar-refractivity contribution in [3.05, 3.63) is 53.6 Å². The minimum absolute atomic E-state index is 0.0811. The van der Waals surface area contributed by atoms with Gasteiger partial charge in [0.25, 0.3) is 0 Å². The molecule has 28 heavy (non-hydrogen) atoms. The number of benzene rings is 1. The first kappa shape index (κ1) is 16.9. The number of nitrogens with zero attached hydrogens (tertiary/aromatic N) is 6. The predicted octanol–water partition coefficient (Wildman–Crippen LogP) is 2.52. The Labute approximate surface area is 161 Å². The Morgan fingerprint density at radius 2 is 1.96 bits per heavy atom. The van der Waals surface area contributed by atoms with E-state index in [1.165, 1.54) is 0 Å². The van der Waals surface area contributed by atoms with Gasteiger partial charge in [-0.3, -0.25) is 4.79 Å². The fourth-order valence-electron chi connectivity index (χ4n) is 3.86. The van der Waals surface area contributed by atoms with E-state index >= 15 is 0 Å². The summed E-state index contributed by atoms with van der Waals surface area (Å²) in [6.07, 6.45) is 1.96. The van der Waals surface area contributed by atoms with Crippen LogP contribution in [-0.4, -0.2) is 48.9 Å². The lowest BCUT2D eigenvalue weighted by atomic mass is 9.95. The highest BCUT2D eigenvalue weighted by Gasteiger charge is 2.28. The molecule has 0 atom stereocenters.